The quantitative estimate of drug-likeness (QED) is 0.833. The van der Waals surface area contributed by atoms with E-state index in [1.165, 1.54) is 0 Å². The summed E-state index contributed by atoms with van der Waals surface area (Å²) in [5.74, 6) is 0.566. The number of fused-ring (bicyclic) bond motifs is 1. The average molecular weight is 204 g/mol. The van der Waals surface area contributed by atoms with E-state index in [9.17, 15) is 0 Å². The Balaban J connectivity index is 2.50. The van der Waals surface area contributed by atoms with Crippen molar-refractivity contribution >= 4 is 17.1 Å². The van der Waals surface area contributed by atoms with E-state index in [1.807, 2.05) is 23.6 Å². The second-order valence-corrected chi connectivity index (χ2v) is 3.77. The van der Waals surface area contributed by atoms with Crippen molar-refractivity contribution in [2.24, 2.45) is 0 Å². The normalized spacial score (nSPS) is 11.1. The van der Waals surface area contributed by atoms with Gasteiger partial charge in [-0.25, -0.2) is 9.97 Å². The highest BCUT2D eigenvalue weighted by atomic mass is 15.2. The molecule has 0 aliphatic carbocycles. The lowest BCUT2D eigenvalue weighted by Crippen LogP contribution is -2.04. The average Bonchev–Trinajstić information content (AvgIpc) is 2.51. The minimum absolute atomic E-state index is 0.566. The number of nitrogens with zero attached hydrogens (tertiary/aromatic N) is 3. The molecule has 2 N–H and O–H groups in total. The lowest BCUT2D eigenvalue weighted by Gasteiger charge is -2.04. The van der Waals surface area contributed by atoms with Crippen molar-refractivity contribution in [1.82, 2.24) is 14.5 Å². The van der Waals surface area contributed by atoms with Crippen molar-refractivity contribution in [2.75, 3.05) is 5.73 Å². The number of nitrogens with two attached hydrogens (primary N) is 1. The summed E-state index contributed by atoms with van der Waals surface area (Å²) >= 11 is 0. The summed E-state index contributed by atoms with van der Waals surface area (Å²) in [6.07, 6.45) is 2.25. The molecule has 0 spiro atoms. The zero-order valence-electron chi connectivity index (χ0n) is 9.20. The van der Waals surface area contributed by atoms with E-state index in [1.54, 1.807) is 0 Å². The predicted molar refractivity (Wildman–Crippen MR) is 61.6 cm³/mol. The monoisotopic (exact) mass is 204 g/mol. The van der Waals surface area contributed by atoms with Gasteiger partial charge in [0.15, 0.2) is 5.65 Å². The molecule has 0 unspecified atom stereocenters. The van der Waals surface area contributed by atoms with Crippen molar-refractivity contribution in [2.45, 2.75) is 33.2 Å². The lowest BCUT2D eigenvalue weighted by atomic mass is 10.3. The third-order valence-electron chi connectivity index (χ3n) is 2.50. The van der Waals surface area contributed by atoms with Crippen LogP contribution < -0.4 is 5.73 Å². The van der Waals surface area contributed by atoms with Crippen molar-refractivity contribution in [1.29, 1.82) is 0 Å². The Morgan fingerprint density at radius 1 is 1.33 bits per heavy atom. The molecule has 2 rings (SSSR count). The molecule has 80 valence electrons. The lowest BCUT2D eigenvalue weighted by molar-refractivity contribution is 0.648. The number of aryl methyl sites for hydroxylation is 2. The fraction of sp³-hybridized carbons (Fsp3) is 0.455. The molecule has 2 heterocycles. The van der Waals surface area contributed by atoms with E-state index in [4.69, 9.17) is 5.73 Å². The van der Waals surface area contributed by atoms with Crippen LogP contribution in [0.3, 0.4) is 0 Å². The zero-order chi connectivity index (χ0) is 10.8. The number of pyridine rings is 1. The van der Waals surface area contributed by atoms with Crippen LogP contribution in [0.15, 0.2) is 12.1 Å². The molecule has 0 aromatic carbocycles. The van der Waals surface area contributed by atoms with Crippen LogP contribution >= 0.6 is 0 Å². The van der Waals surface area contributed by atoms with E-state index in [0.717, 1.165) is 36.2 Å². The van der Waals surface area contributed by atoms with Gasteiger partial charge in [0.2, 0.25) is 5.95 Å². The molecule has 0 bridgehead atoms. The van der Waals surface area contributed by atoms with Gasteiger partial charge in [-0.05, 0) is 25.5 Å². The van der Waals surface area contributed by atoms with Crippen LogP contribution in [-0.4, -0.2) is 14.5 Å². The standard InChI is InChI=1S/C11H16N4/c1-3-4-7-15-10-9(14-11(15)12)6-5-8(2)13-10/h5-6H,3-4,7H2,1-2H3,(H2,12,14). The van der Waals surface area contributed by atoms with Gasteiger partial charge in [0.05, 0.1) is 0 Å². The van der Waals surface area contributed by atoms with Gasteiger partial charge in [0, 0.05) is 12.2 Å². The molecule has 4 nitrogen and oxygen atoms in total. The second-order valence-electron chi connectivity index (χ2n) is 3.77. The Kier molecular flexibility index (Phi) is 2.58. The largest absolute Gasteiger partial charge is 0.369 e. The van der Waals surface area contributed by atoms with Crippen LogP contribution in [0.1, 0.15) is 25.5 Å². The maximum Gasteiger partial charge on any atom is 0.202 e. The van der Waals surface area contributed by atoms with Gasteiger partial charge >= 0.3 is 0 Å². The highest BCUT2D eigenvalue weighted by molar-refractivity contribution is 5.74. The van der Waals surface area contributed by atoms with Crippen molar-refractivity contribution in [3.05, 3.63) is 17.8 Å². The number of nitrogen functional groups attached to an aromatic ring is 1. The van der Waals surface area contributed by atoms with Gasteiger partial charge in [0.1, 0.15) is 5.52 Å². The third-order valence-corrected chi connectivity index (χ3v) is 2.50. The fourth-order valence-electron chi connectivity index (χ4n) is 1.65. The SMILES string of the molecule is CCCCn1c(N)nc2ccc(C)nc21. The predicted octanol–water partition coefficient (Wildman–Crippen LogP) is 2.12. The molecule has 0 amide bonds. The Morgan fingerprint density at radius 3 is 2.87 bits per heavy atom. The molecule has 0 aliphatic heterocycles. The molecular formula is C11H16N4. The van der Waals surface area contributed by atoms with Crippen LogP contribution in [0.5, 0.6) is 0 Å². The zero-order valence-corrected chi connectivity index (χ0v) is 9.20. The van der Waals surface area contributed by atoms with E-state index < -0.39 is 0 Å². The number of unbranched alkanes of at least 4 members (excludes halogenated alkanes) is 1. The molecule has 0 saturated carbocycles. The summed E-state index contributed by atoms with van der Waals surface area (Å²) in [5.41, 5.74) is 8.64. The van der Waals surface area contributed by atoms with Crippen molar-refractivity contribution in [3.63, 3.8) is 0 Å². The molecule has 4 heteroatoms. The van der Waals surface area contributed by atoms with Gasteiger partial charge in [0.25, 0.3) is 0 Å². The Bertz CT molecular complexity index is 473. The summed E-state index contributed by atoms with van der Waals surface area (Å²) in [4.78, 5) is 8.76. The number of hydrogen-bond donors (Lipinski definition) is 1. The van der Waals surface area contributed by atoms with E-state index in [-0.39, 0.29) is 0 Å². The summed E-state index contributed by atoms with van der Waals surface area (Å²) in [6.45, 7) is 5.04. The minimum atomic E-state index is 0.566. The van der Waals surface area contributed by atoms with Crippen molar-refractivity contribution in [3.8, 4) is 0 Å². The first-order valence-electron chi connectivity index (χ1n) is 5.31. The van der Waals surface area contributed by atoms with Crippen molar-refractivity contribution < 1.29 is 0 Å². The fourth-order valence-corrected chi connectivity index (χ4v) is 1.65. The van der Waals surface area contributed by atoms with E-state index in [0.29, 0.717) is 5.95 Å². The van der Waals surface area contributed by atoms with Crippen LogP contribution in [0.4, 0.5) is 5.95 Å². The third kappa shape index (κ3) is 1.79. The Hall–Kier alpha value is -1.58. The topological polar surface area (TPSA) is 56.7 Å². The molecule has 0 saturated heterocycles. The van der Waals surface area contributed by atoms with Crippen LogP contribution in [-0.2, 0) is 6.54 Å². The molecule has 2 aromatic heterocycles. The number of hydrogen-bond acceptors (Lipinski definition) is 3. The number of rotatable bonds is 3. The summed E-state index contributed by atoms with van der Waals surface area (Å²) in [7, 11) is 0. The first-order chi connectivity index (χ1) is 7.22. The Labute approximate surface area is 89.1 Å². The number of aromatic nitrogens is 3. The van der Waals surface area contributed by atoms with E-state index in [2.05, 4.69) is 16.9 Å². The minimum Gasteiger partial charge on any atom is -0.369 e. The highest BCUT2D eigenvalue weighted by Gasteiger charge is 2.08. The van der Waals surface area contributed by atoms with Gasteiger partial charge < -0.3 is 5.73 Å². The summed E-state index contributed by atoms with van der Waals surface area (Å²) in [5, 5.41) is 0. The van der Waals surface area contributed by atoms with Crippen LogP contribution in [0, 0.1) is 6.92 Å². The molecular weight excluding hydrogens is 188 g/mol. The summed E-state index contributed by atoms with van der Waals surface area (Å²) in [6, 6.07) is 3.93. The molecule has 0 fully saturated rings. The molecule has 0 atom stereocenters. The van der Waals surface area contributed by atoms with Gasteiger partial charge in [-0.1, -0.05) is 13.3 Å². The highest BCUT2D eigenvalue weighted by Crippen LogP contribution is 2.16. The molecule has 0 radical (unpaired) electrons. The molecule has 2 aromatic rings. The first kappa shape index (κ1) is 9.96. The molecule has 0 aliphatic rings. The first-order valence-corrected chi connectivity index (χ1v) is 5.31. The number of anilines is 1. The van der Waals surface area contributed by atoms with Gasteiger partial charge in [-0.2, -0.15) is 0 Å². The number of imidazole rings is 1. The second kappa shape index (κ2) is 3.88. The maximum atomic E-state index is 5.86. The van der Waals surface area contributed by atoms with Gasteiger partial charge in [-0.15, -0.1) is 0 Å². The Morgan fingerprint density at radius 2 is 2.13 bits per heavy atom. The van der Waals surface area contributed by atoms with E-state index >= 15 is 0 Å². The van der Waals surface area contributed by atoms with Crippen LogP contribution in [0.25, 0.3) is 11.2 Å². The van der Waals surface area contributed by atoms with Crippen LogP contribution in [0.2, 0.25) is 0 Å². The van der Waals surface area contributed by atoms with Gasteiger partial charge in [-0.3, -0.25) is 4.57 Å². The molecule has 15 heavy (non-hydrogen) atoms. The smallest absolute Gasteiger partial charge is 0.202 e. The maximum absolute atomic E-state index is 5.86. The summed E-state index contributed by atoms with van der Waals surface area (Å²) < 4.78 is 1.99.